The van der Waals surface area contributed by atoms with Gasteiger partial charge in [0, 0.05) is 12.7 Å². The smallest absolute Gasteiger partial charge is 0.433 e. The summed E-state index contributed by atoms with van der Waals surface area (Å²) in [4.78, 5) is 21.2. The zero-order valence-electron chi connectivity index (χ0n) is 13.2. The Kier molecular flexibility index (Phi) is 5.22. The number of nitrogens with zero attached hydrogens (tertiary/aromatic N) is 3. The summed E-state index contributed by atoms with van der Waals surface area (Å²) in [6.45, 7) is 0.939. The molecule has 0 aliphatic carbocycles. The third kappa shape index (κ3) is 4.68. The fourth-order valence-corrected chi connectivity index (χ4v) is 3.31. The molecule has 1 fully saturated rings. The van der Waals surface area contributed by atoms with E-state index < -0.39 is 18.0 Å². The second-order valence-electron chi connectivity index (χ2n) is 5.75. The molecule has 5 nitrogen and oxygen atoms in total. The molecule has 1 atom stereocenters. The Morgan fingerprint density at radius 1 is 1.40 bits per heavy atom. The molecule has 1 amide bonds. The van der Waals surface area contributed by atoms with Crippen molar-refractivity contribution in [3.05, 3.63) is 40.3 Å². The van der Waals surface area contributed by atoms with Gasteiger partial charge in [-0.25, -0.2) is 4.98 Å². The lowest BCUT2D eigenvalue weighted by molar-refractivity contribution is -0.141. The molecule has 9 heteroatoms. The topological polar surface area (TPSA) is 55.3 Å². The van der Waals surface area contributed by atoms with Gasteiger partial charge in [0.05, 0.1) is 13.0 Å². The lowest BCUT2D eigenvalue weighted by atomic mass is 10.1. The predicted molar refractivity (Wildman–Crippen MR) is 85.3 cm³/mol. The number of alkyl halides is 3. The molecule has 3 rings (SSSR count). The first-order valence-corrected chi connectivity index (χ1v) is 8.72. The van der Waals surface area contributed by atoms with Crippen LogP contribution in [0.25, 0.3) is 0 Å². The van der Waals surface area contributed by atoms with E-state index in [4.69, 9.17) is 4.74 Å². The van der Waals surface area contributed by atoms with Crippen molar-refractivity contribution in [2.75, 3.05) is 13.1 Å². The van der Waals surface area contributed by atoms with Crippen LogP contribution in [-0.2, 0) is 17.4 Å². The monoisotopic (exact) mass is 371 g/mol. The summed E-state index contributed by atoms with van der Waals surface area (Å²) in [6.07, 6.45) is -2.26. The molecule has 0 aromatic carbocycles. The fraction of sp³-hybridized carbons (Fsp3) is 0.438. The second-order valence-corrected chi connectivity index (χ2v) is 6.53. The number of amides is 1. The summed E-state index contributed by atoms with van der Waals surface area (Å²) < 4.78 is 43.6. The van der Waals surface area contributed by atoms with Crippen molar-refractivity contribution in [1.82, 2.24) is 14.9 Å². The SMILES string of the molecule is O=C(Cc1ccsc1)N1CCCC(Oc2nccc(C(F)(F)F)n2)C1. The van der Waals surface area contributed by atoms with Crippen molar-refractivity contribution >= 4 is 17.2 Å². The Hall–Kier alpha value is -2.16. The third-order valence-corrected chi connectivity index (χ3v) is 4.59. The van der Waals surface area contributed by atoms with Gasteiger partial charge in [-0.3, -0.25) is 4.79 Å². The summed E-state index contributed by atoms with van der Waals surface area (Å²) in [5.41, 5.74) is -0.0852. The molecule has 0 N–H and O–H groups in total. The van der Waals surface area contributed by atoms with Gasteiger partial charge in [0.1, 0.15) is 6.10 Å². The van der Waals surface area contributed by atoms with Gasteiger partial charge in [0.15, 0.2) is 5.69 Å². The first kappa shape index (κ1) is 17.7. The van der Waals surface area contributed by atoms with Gasteiger partial charge in [0.2, 0.25) is 5.91 Å². The summed E-state index contributed by atoms with van der Waals surface area (Å²) >= 11 is 1.53. The van der Waals surface area contributed by atoms with Crippen LogP contribution in [0.4, 0.5) is 13.2 Å². The molecule has 0 saturated carbocycles. The zero-order chi connectivity index (χ0) is 17.9. The molecule has 0 radical (unpaired) electrons. The van der Waals surface area contributed by atoms with E-state index in [0.717, 1.165) is 24.2 Å². The molecule has 1 saturated heterocycles. The molecule has 1 aliphatic rings. The second kappa shape index (κ2) is 7.38. The van der Waals surface area contributed by atoms with E-state index in [0.29, 0.717) is 25.9 Å². The van der Waals surface area contributed by atoms with Crippen LogP contribution < -0.4 is 4.74 Å². The predicted octanol–water partition coefficient (Wildman–Crippen LogP) is 3.17. The standard InChI is InChI=1S/C16H16F3N3O2S/c17-16(18,19)13-3-5-20-15(21-13)24-12-2-1-6-22(9-12)14(23)8-11-4-7-25-10-11/h3-5,7,10,12H,1-2,6,8-9H2. The Balaban J connectivity index is 1.61. The number of halogens is 3. The van der Waals surface area contributed by atoms with Gasteiger partial charge < -0.3 is 9.64 Å². The van der Waals surface area contributed by atoms with E-state index in [1.165, 1.54) is 11.3 Å². The highest BCUT2D eigenvalue weighted by Crippen LogP contribution is 2.28. The highest BCUT2D eigenvalue weighted by atomic mass is 32.1. The Morgan fingerprint density at radius 2 is 2.24 bits per heavy atom. The van der Waals surface area contributed by atoms with Crippen molar-refractivity contribution in [2.24, 2.45) is 0 Å². The normalized spacial score (nSPS) is 18.2. The van der Waals surface area contributed by atoms with Crippen LogP contribution in [0, 0.1) is 0 Å². The Labute approximate surface area is 146 Å². The molecule has 3 heterocycles. The highest BCUT2D eigenvalue weighted by Gasteiger charge is 2.33. The average Bonchev–Trinajstić information content (AvgIpc) is 3.07. The quantitative estimate of drug-likeness (QED) is 0.828. The molecular formula is C16H16F3N3O2S. The highest BCUT2D eigenvalue weighted by molar-refractivity contribution is 7.07. The van der Waals surface area contributed by atoms with Crippen LogP contribution in [0.15, 0.2) is 29.1 Å². The molecule has 0 bridgehead atoms. The van der Waals surface area contributed by atoms with Crippen LogP contribution in [0.2, 0.25) is 0 Å². The maximum atomic E-state index is 12.7. The molecule has 1 unspecified atom stereocenters. The third-order valence-electron chi connectivity index (χ3n) is 3.86. The molecule has 2 aromatic heterocycles. The Bertz CT molecular complexity index is 722. The lowest BCUT2D eigenvalue weighted by Crippen LogP contribution is -2.45. The fourth-order valence-electron chi connectivity index (χ4n) is 2.65. The maximum Gasteiger partial charge on any atom is 0.433 e. The largest absolute Gasteiger partial charge is 0.458 e. The minimum absolute atomic E-state index is 0.0170. The van der Waals surface area contributed by atoms with E-state index in [2.05, 4.69) is 9.97 Å². The molecule has 134 valence electrons. The number of thiophene rings is 1. The van der Waals surface area contributed by atoms with E-state index in [1.807, 2.05) is 16.8 Å². The Morgan fingerprint density at radius 3 is 2.96 bits per heavy atom. The lowest BCUT2D eigenvalue weighted by Gasteiger charge is -2.32. The van der Waals surface area contributed by atoms with E-state index >= 15 is 0 Å². The summed E-state index contributed by atoms with van der Waals surface area (Å²) in [5.74, 6) is -0.0170. The maximum absolute atomic E-state index is 12.7. The van der Waals surface area contributed by atoms with Crippen molar-refractivity contribution in [3.63, 3.8) is 0 Å². The van der Waals surface area contributed by atoms with Crippen LogP contribution in [0.3, 0.4) is 0 Å². The number of carbonyl (C=O) groups is 1. The first-order valence-electron chi connectivity index (χ1n) is 7.77. The van der Waals surface area contributed by atoms with E-state index in [-0.39, 0.29) is 11.9 Å². The van der Waals surface area contributed by atoms with Gasteiger partial charge >= 0.3 is 12.2 Å². The van der Waals surface area contributed by atoms with Gasteiger partial charge in [0.25, 0.3) is 0 Å². The molecule has 2 aromatic rings. The molecular weight excluding hydrogens is 355 g/mol. The number of likely N-dealkylation sites (tertiary alicyclic amines) is 1. The number of hydrogen-bond acceptors (Lipinski definition) is 5. The first-order chi connectivity index (χ1) is 11.9. The van der Waals surface area contributed by atoms with Crippen molar-refractivity contribution < 1.29 is 22.7 Å². The van der Waals surface area contributed by atoms with Gasteiger partial charge in [-0.1, -0.05) is 0 Å². The molecule has 25 heavy (non-hydrogen) atoms. The average molecular weight is 371 g/mol. The number of ether oxygens (including phenoxy) is 1. The minimum atomic E-state index is -4.55. The summed E-state index contributed by atoms with van der Waals surface area (Å²) in [5, 5.41) is 3.84. The van der Waals surface area contributed by atoms with E-state index in [9.17, 15) is 18.0 Å². The van der Waals surface area contributed by atoms with Crippen molar-refractivity contribution in [1.29, 1.82) is 0 Å². The van der Waals surface area contributed by atoms with E-state index in [1.54, 1.807) is 4.90 Å². The zero-order valence-corrected chi connectivity index (χ0v) is 14.0. The van der Waals surface area contributed by atoms with Crippen LogP contribution in [0.5, 0.6) is 6.01 Å². The van der Waals surface area contributed by atoms with Crippen molar-refractivity contribution in [2.45, 2.75) is 31.5 Å². The number of carbonyl (C=O) groups excluding carboxylic acids is 1. The number of hydrogen-bond donors (Lipinski definition) is 0. The number of aromatic nitrogens is 2. The number of piperidine rings is 1. The van der Waals surface area contributed by atoms with Gasteiger partial charge in [-0.2, -0.15) is 29.5 Å². The van der Waals surface area contributed by atoms with Gasteiger partial charge in [-0.05, 0) is 41.3 Å². The number of rotatable bonds is 4. The van der Waals surface area contributed by atoms with Gasteiger partial charge in [-0.15, -0.1) is 0 Å². The van der Waals surface area contributed by atoms with Crippen LogP contribution in [0.1, 0.15) is 24.1 Å². The minimum Gasteiger partial charge on any atom is -0.458 e. The molecule has 1 aliphatic heterocycles. The summed E-state index contributed by atoms with van der Waals surface area (Å²) in [6, 6.07) is 2.38. The van der Waals surface area contributed by atoms with Crippen LogP contribution in [-0.4, -0.2) is 40.0 Å². The summed E-state index contributed by atoms with van der Waals surface area (Å²) in [7, 11) is 0. The molecule has 0 spiro atoms. The van der Waals surface area contributed by atoms with Crippen molar-refractivity contribution in [3.8, 4) is 6.01 Å². The van der Waals surface area contributed by atoms with Crippen LogP contribution >= 0.6 is 11.3 Å².